The minimum atomic E-state index is -0.714. The summed E-state index contributed by atoms with van der Waals surface area (Å²) < 4.78 is 0. The predicted molar refractivity (Wildman–Crippen MR) is 57.2 cm³/mol. The van der Waals surface area contributed by atoms with Crippen molar-refractivity contribution in [3.63, 3.8) is 0 Å². The lowest BCUT2D eigenvalue weighted by Crippen LogP contribution is -2.38. The maximum Gasteiger partial charge on any atom is 0.115 e. The molecule has 2 rings (SSSR count). The fourth-order valence-corrected chi connectivity index (χ4v) is 2.21. The van der Waals surface area contributed by atoms with Crippen molar-refractivity contribution >= 4 is 0 Å². The van der Waals surface area contributed by atoms with Crippen molar-refractivity contribution in [3.05, 3.63) is 24.3 Å². The van der Waals surface area contributed by atoms with Crippen LogP contribution in [0.25, 0.3) is 0 Å². The van der Waals surface area contributed by atoms with Gasteiger partial charge in [0.1, 0.15) is 6.33 Å². The first-order valence-electron chi connectivity index (χ1n) is 5.40. The molecule has 4 heteroatoms. The van der Waals surface area contributed by atoms with E-state index in [1.165, 1.54) is 6.33 Å². The molecule has 1 aliphatic carbocycles. The van der Waals surface area contributed by atoms with Crippen molar-refractivity contribution in [2.24, 2.45) is 0 Å². The molecule has 0 amide bonds. The van der Waals surface area contributed by atoms with Crippen LogP contribution in [0.2, 0.25) is 0 Å². The molecule has 15 heavy (non-hydrogen) atoms. The van der Waals surface area contributed by atoms with Gasteiger partial charge in [-0.15, -0.1) is 0 Å². The van der Waals surface area contributed by atoms with Crippen LogP contribution in [0.1, 0.15) is 31.2 Å². The van der Waals surface area contributed by atoms with Crippen molar-refractivity contribution in [3.8, 4) is 0 Å². The van der Waals surface area contributed by atoms with Gasteiger partial charge in [0, 0.05) is 24.0 Å². The summed E-state index contributed by atoms with van der Waals surface area (Å²) in [7, 11) is 1.97. The summed E-state index contributed by atoms with van der Waals surface area (Å²) in [6, 6.07) is 0.537. The van der Waals surface area contributed by atoms with Crippen LogP contribution in [0.5, 0.6) is 0 Å². The van der Waals surface area contributed by atoms with E-state index in [2.05, 4.69) is 15.3 Å². The van der Waals surface area contributed by atoms with Gasteiger partial charge in [0.2, 0.25) is 0 Å². The molecule has 1 heterocycles. The van der Waals surface area contributed by atoms with Gasteiger partial charge in [-0.2, -0.15) is 0 Å². The van der Waals surface area contributed by atoms with Gasteiger partial charge in [-0.1, -0.05) is 0 Å². The summed E-state index contributed by atoms with van der Waals surface area (Å²) in [5, 5.41) is 13.7. The van der Waals surface area contributed by atoms with Gasteiger partial charge in [-0.05, 0) is 32.7 Å². The summed E-state index contributed by atoms with van der Waals surface area (Å²) in [5.41, 5.74) is 0.133. The number of nitrogens with one attached hydrogen (secondary N) is 1. The zero-order valence-electron chi connectivity index (χ0n) is 8.98. The van der Waals surface area contributed by atoms with E-state index >= 15 is 0 Å². The first-order valence-corrected chi connectivity index (χ1v) is 5.40. The van der Waals surface area contributed by atoms with Crippen LogP contribution in [-0.2, 0) is 5.60 Å². The average Bonchev–Trinajstić information content (AvgIpc) is 2.31. The lowest BCUT2D eigenvalue weighted by Gasteiger charge is -2.35. The van der Waals surface area contributed by atoms with E-state index in [-0.39, 0.29) is 0 Å². The van der Waals surface area contributed by atoms with Crippen LogP contribution < -0.4 is 5.32 Å². The fraction of sp³-hybridized carbons (Fsp3) is 0.636. The molecule has 82 valence electrons. The van der Waals surface area contributed by atoms with Crippen LogP contribution in [-0.4, -0.2) is 28.2 Å². The van der Waals surface area contributed by atoms with Gasteiger partial charge in [-0.3, -0.25) is 0 Å². The second-order valence-corrected chi connectivity index (χ2v) is 4.22. The molecular weight excluding hydrogens is 190 g/mol. The standard InChI is InChI=1S/C11H17N3O/c1-12-10-2-4-11(15,5-3-10)9-6-13-8-14-7-9/h6-8,10,12,15H,2-5H2,1H3. The van der Waals surface area contributed by atoms with Crippen molar-refractivity contribution in [1.82, 2.24) is 15.3 Å². The minimum absolute atomic E-state index is 0.537. The molecule has 1 saturated carbocycles. The van der Waals surface area contributed by atoms with E-state index in [9.17, 15) is 5.11 Å². The van der Waals surface area contributed by atoms with Crippen LogP contribution >= 0.6 is 0 Å². The molecule has 1 aromatic heterocycles. The summed E-state index contributed by atoms with van der Waals surface area (Å²) >= 11 is 0. The Balaban J connectivity index is 2.10. The third kappa shape index (κ3) is 2.16. The largest absolute Gasteiger partial charge is 0.385 e. The molecule has 0 atom stereocenters. The van der Waals surface area contributed by atoms with E-state index in [1.807, 2.05) is 7.05 Å². The van der Waals surface area contributed by atoms with Crippen molar-refractivity contribution in [2.45, 2.75) is 37.3 Å². The fourth-order valence-electron chi connectivity index (χ4n) is 2.21. The second kappa shape index (κ2) is 4.24. The third-order valence-corrected chi connectivity index (χ3v) is 3.32. The third-order valence-electron chi connectivity index (χ3n) is 3.32. The first kappa shape index (κ1) is 10.5. The minimum Gasteiger partial charge on any atom is -0.385 e. The van der Waals surface area contributed by atoms with E-state index in [0.29, 0.717) is 6.04 Å². The quantitative estimate of drug-likeness (QED) is 0.754. The van der Waals surface area contributed by atoms with E-state index in [1.54, 1.807) is 12.4 Å². The summed E-state index contributed by atoms with van der Waals surface area (Å²) in [5.74, 6) is 0. The summed E-state index contributed by atoms with van der Waals surface area (Å²) in [4.78, 5) is 7.92. The van der Waals surface area contributed by atoms with Gasteiger partial charge in [0.15, 0.2) is 0 Å². The Morgan fingerprint density at radius 2 is 1.93 bits per heavy atom. The lowest BCUT2D eigenvalue weighted by molar-refractivity contribution is -0.00822. The molecule has 2 N–H and O–H groups in total. The topological polar surface area (TPSA) is 58.0 Å². The van der Waals surface area contributed by atoms with Crippen molar-refractivity contribution in [2.75, 3.05) is 7.05 Å². The molecule has 0 spiro atoms. The van der Waals surface area contributed by atoms with Crippen molar-refractivity contribution in [1.29, 1.82) is 0 Å². The molecule has 0 aromatic carbocycles. The smallest absolute Gasteiger partial charge is 0.115 e. The predicted octanol–water partition coefficient (Wildman–Crippen LogP) is 0.826. The molecule has 0 unspecified atom stereocenters. The molecule has 0 aliphatic heterocycles. The highest BCUT2D eigenvalue weighted by Gasteiger charge is 2.34. The Kier molecular flexibility index (Phi) is 2.98. The number of nitrogens with zero attached hydrogens (tertiary/aromatic N) is 2. The van der Waals surface area contributed by atoms with Crippen molar-refractivity contribution < 1.29 is 5.11 Å². The van der Waals surface area contributed by atoms with Crippen LogP contribution in [0.3, 0.4) is 0 Å². The van der Waals surface area contributed by atoms with E-state index < -0.39 is 5.60 Å². The molecule has 1 aromatic rings. The highest BCUT2D eigenvalue weighted by molar-refractivity contribution is 5.15. The molecule has 4 nitrogen and oxygen atoms in total. The molecule has 1 fully saturated rings. The second-order valence-electron chi connectivity index (χ2n) is 4.22. The Labute approximate surface area is 89.8 Å². The normalized spacial score (nSPS) is 31.5. The van der Waals surface area contributed by atoms with Crippen LogP contribution in [0.15, 0.2) is 18.7 Å². The summed E-state index contributed by atoms with van der Waals surface area (Å²) in [6.07, 6.45) is 8.49. The SMILES string of the molecule is CNC1CCC(O)(c2cncnc2)CC1. The average molecular weight is 207 g/mol. The molecule has 1 aliphatic rings. The number of hydrogen-bond acceptors (Lipinski definition) is 4. The molecule has 0 bridgehead atoms. The van der Waals surface area contributed by atoms with Gasteiger partial charge in [-0.25, -0.2) is 9.97 Å². The zero-order chi connectivity index (χ0) is 10.7. The Bertz CT molecular complexity index is 307. The molecule has 0 saturated heterocycles. The number of rotatable bonds is 2. The van der Waals surface area contributed by atoms with Crippen LogP contribution in [0.4, 0.5) is 0 Å². The Hall–Kier alpha value is -1.00. The van der Waals surface area contributed by atoms with E-state index in [0.717, 1.165) is 31.2 Å². The van der Waals surface area contributed by atoms with Crippen LogP contribution in [0, 0.1) is 0 Å². The monoisotopic (exact) mass is 207 g/mol. The number of aliphatic hydroxyl groups is 1. The highest BCUT2D eigenvalue weighted by atomic mass is 16.3. The van der Waals surface area contributed by atoms with Gasteiger partial charge < -0.3 is 10.4 Å². The van der Waals surface area contributed by atoms with Gasteiger partial charge in [0.25, 0.3) is 0 Å². The number of aromatic nitrogens is 2. The zero-order valence-corrected chi connectivity index (χ0v) is 8.98. The van der Waals surface area contributed by atoms with Gasteiger partial charge in [0.05, 0.1) is 5.60 Å². The first-order chi connectivity index (χ1) is 7.24. The summed E-state index contributed by atoms with van der Waals surface area (Å²) in [6.45, 7) is 0. The Morgan fingerprint density at radius 3 is 2.47 bits per heavy atom. The maximum absolute atomic E-state index is 10.4. The maximum atomic E-state index is 10.4. The van der Waals surface area contributed by atoms with Gasteiger partial charge >= 0.3 is 0 Å². The Morgan fingerprint density at radius 1 is 1.33 bits per heavy atom. The molecular formula is C11H17N3O. The lowest BCUT2D eigenvalue weighted by atomic mass is 9.79. The molecule has 0 radical (unpaired) electrons. The highest BCUT2D eigenvalue weighted by Crippen LogP contribution is 2.36. The van der Waals surface area contributed by atoms with E-state index in [4.69, 9.17) is 0 Å². The number of hydrogen-bond donors (Lipinski definition) is 2.